The number of methoxy groups -OCH3 is 1. The molecule has 8 nitrogen and oxygen atoms in total. The van der Waals surface area contributed by atoms with Crippen molar-refractivity contribution >= 4 is 21.8 Å². The van der Waals surface area contributed by atoms with Gasteiger partial charge in [-0.25, -0.2) is 13.2 Å². The quantitative estimate of drug-likeness (QED) is 0.414. The summed E-state index contributed by atoms with van der Waals surface area (Å²) in [5.41, 5.74) is 0.895. The van der Waals surface area contributed by atoms with Gasteiger partial charge in [0.1, 0.15) is 0 Å². The Morgan fingerprint density at radius 3 is 2.72 bits per heavy atom. The van der Waals surface area contributed by atoms with Gasteiger partial charge in [0.25, 0.3) is 0 Å². The van der Waals surface area contributed by atoms with Crippen molar-refractivity contribution in [3.05, 3.63) is 29.8 Å². The number of benzene rings is 1. The van der Waals surface area contributed by atoms with Crippen LogP contribution in [0.3, 0.4) is 0 Å². The average molecular weight is 374 g/mol. The predicted octanol–water partition coefficient (Wildman–Crippen LogP) is 1.94. The number of ether oxygens (including phenoxy) is 1. The summed E-state index contributed by atoms with van der Waals surface area (Å²) in [7, 11) is -1.85. The monoisotopic (exact) mass is 374 g/mol. The van der Waals surface area contributed by atoms with Gasteiger partial charge < -0.3 is 20.3 Å². The minimum Gasteiger partial charge on any atom is -0.465 e. The van der Waals surface area contributed by atoms with E-state index in [1.54, 1.807) is 31.4 Å². The number of aliphatic hydroxyl groups excluding tert-OH is 1. The van der Waals surface area contributed by atoms with E-state index in [1.807, 2.05) is 0 Å². The van der Waals surface area contributed by atoms with Crippen LogP contribution in [0, 0.1) is 0 Å². The number of rotatable bonds is 12. The number of anilines is 1. The maximum atomic E-state index is 12.1. The van der Waals surface area contributed by atoms with E-state index in [0.717, 1.165) is 12.8 Å². The summed E-state index contributed by atoms with van der Waals surface area (Å²) in [6.45, 7) is 0.720. The fraction of sp³-hybridized carbons (Fsp3) is 0.562. The lowest BCUT2D eigenvalue weighted by molar-refractivity contribution is 0.162. The Labute approximate surface area is 148 Å². The van der Waals surface area contributed by atoms with Gasteiger partial charge in [0.05, 0.1) is 11.9 Å². The molecule has 0 aromatic heterocycles. The highest BCUT2D eigenvalue weighted by molar-refractivity contribution is 7.92. The second-order valence-corrected chi connectivity index (χ2v) is 7.48. The molecular weight excluding hydrogens is 348 g/mol. The number of nitrogens with one attached hydrogen (secondary N) is 2. The molecule has 0 radical (unpaired) electrons. The lowest BCUT2D eigenvalue weighted by atomic mass is 10.1. The van der Waals surface area contributed by atoms with Gasteiger partial charge in [0.2, 0.25) is 10.0 Å². The number of unbranched alkanes of at least 4 members (excludes halogenated alkanes) is 2. The first-order valence-corrected chi connectivity index (χ1v) is 9.73. The van der Waals surface area contributed by atoms with Crippen LogP contribution < -0.4 is 10.0 Å². The highest BCUT2D eigenvalue weighted by Crippen LogP contribution is 2.21. The maximum Gasteiger partial charge on any atom is 0.404 e. The van der Waals surface area contributed by atoms with Gasteiger partial charge in [-0.1, -0.05) is 18.6 Å². The molecule has 0 saturated heterocycles. The molecule has 25 heavy (non-hydrogen) atoms. The van der Waals surface area contributed by atoms with Crippen molar-refractivity contribution in [3.63, 3.8) is 0 Å². The SMILES string of the molecule is COCCCCCS(=O)(=O)Nc1cccc(C(O)CCNC(=O)O)c1. The maximum absolute atomic E-state index is 12.1. The third-order valence-corrected chi connectivity index (χ3v) is 4.87. The van der Waals surface area contributed by atoms with Crippen LogP contribution in [0.2, 0.25) is 0 Å². The zero-order valence-corrected chi connectivity index (χ0v) is 15.1. The van der Waals surface area contributed by atoms with Crippen molar-refractivity contribution in [1.29, 1.82) is 0 Å². The Kier molecular flexibility index (Phi) is 9.25. The zero-order valence-electron chi connectivity index (χ0n) is 14.3. The van der Waals surface area contributed by atoms with Crippen molar-refractivity contribution in [2.75, 3.05) is 30.7 Å². The number of amides is 1. The summed E-state index contributed by atoms with van der Waals surface area (Å²) in [6, 6.07) is 6.45. The van der Waals surface area contributed by atoms with E-state index in [1.165, 1.54) is 0 Å². The molecule has 1 atom stereocenters. The topological polar surface area (TPSA) is 125 Å². The molecule has 0 aliphatic rings. The number of carbonyl (C=O) groups is 1. The smallest absolute Gasteiger partial charge is 0.404 e. The second-order valence-electron chi connectivity index (χ2n) is 5.64. The van der Waals surface area contributed by atoms with Gasteiger partial charge in [-0.15, -0.1) is 0 Å². The second kappa shape index (κ2) is 10.9. The highest BCUT2D eigenvalue weighted by atomic mass is 32.2. The summed E-state index contributed by atoms with van der Waals surface area (Å²) in [6.07, 6.45) is 0.288. The number of sulfonamides is 1. The Hall–Kier alpha value is -1.84. The third-order valence-electron chi connectivity index (χ3n) is 3.50. The van der Waals surface area contributed by atoms with E-state index < -0.39 is 22.2 Å². The van der Waals surface area contributed by atoms with Gasteiger partial charge in [-0.05, 0) is 37.0 Å². The largest absolute Gasteiger partial charge is 0.465 e. The summed E-state index contributed by atoms with van der Waals surface area (Å²) in [5.74, 6) is 0.0199. The van der Waals surface area contributed by atoms with Crippen LogP contribution in [0.15, 0.2) is 24.3 Å². The van der Waals surface area contributed by atoms with Gasteiger partial charge in [0.15, 0.2) is 0 Å². The lowest BCUT2D eigenvalue weighted by Gasteiger charge is -2.13. The van der Waals surface area contributed by atoms with Crippen molar-refractivity contribution in [2.45, 2.75) is 31.8 Å². The number of hydrogen-bond donors (Lipinski definition) is 4. The minimum atomic E-state index is -3.45. The van der Waals surface area contributed by atoms with Crippen LogP contribution >= 0.6 is 0 Å². The van der Waals surface area contributed by atoms with E-state index in [-0.39, 0.29) is 18.7 Å². The summed E-state index contributed by atoms with van der Waals surface area (Å²) in [4.78, 5) is 10.4. The summed E-state index contributed by atoms with van der Waals surface area (Å²) in [5, 5.41) is 20.7. The zero-order chi connectivity index (χ0) is 18.7. The molecule has 1 aromatic rings. The molecule has 142 valence electrons. The van der Waals surface area contributed by atoms with E-state index in [2.05, 4.69) is 10.0 Å². The molecule has 1 aromatic carbocycles. The summed E-state index contributed by atoms with van der Waals surface area (Å²) >= 11 is 0. The van der Waals surface area contributed by atoms with Gasteiger partial charge >= 0.3 is 6.09 Å². The van der Waals surface area contributed by atoms with Crippen LogP contribution in [0.5, 0.6) is 0 Å². The van der Waals surface area contributed by atoms with Crippen LogP contribution in [0.1, 0.15) is 37.4 Å². The Morgan fingerprint density at radius 2 is 2.04 bits per heavy atom. The highest BCUT2D eigenvalue weighted by Gasteiger charge is 2.13. The third kappa shape index (κ3) is 9.28. The number of carboxylic acid groups (broad SMARTS) is 1. The standard InChI is InChI=1S/C16H26N2O6S/c1-24-10-3-2-4-11-25(22,23)18-14-7-5-6-13(12-14)15(19)8-9-17-16(20)21/h5-7,12,15,17-19H,2-4,8-11H2,1H3,(H,20,21). The molecule has 4 N–H and O–H groups in total. The Bertz CT molecular complexity index is 635. The Morgan fingerprint density at radius 1 is 1.28 bits per heavy atom. The molecule has 0 spiro atoms. The van der Waals surface area contributed by atoms with E-state index in [0.29, 0.717) is 24.3 Å². The molecular formula is C16H26N2O6S. The number of aliphatic hydroxyl groups is 1. The van der Waals surface area contributed by atoms with Crippen molar-refractivity contribution in [3.8, 4) is 0 Å². The molecule has 0 bridgehead atoms. The lowest BCUT2D eigenvalue weighted by Crippen LogP contribution is -2.23. The summed E-state index contributed by atoms with van der Waals surface area (Å²) < 4.78 is 31.6. The van der Waals surface area contributed by atoms with Gasteiger partial charge in [0, 0.05) is 25.9 Å². The molecule has 1 unspecified atom stereocenters. The average Bonchev–Trinajstić information content (AvgIpc) is 2.54. The molecule has 1 rings (SSSR count). The van der Waals surface area contributed by atoms with Crippen LogP contribution in [-0.2, 0) is 14.8 Å². The van der Waals surface area contributed by atoms with Gasteiger partial charge in [-0.3, -0.25) is 4.72 Å². The molecule has 1 amide bonds. The van der Waals surface area contributed by atoms with E-state index >= 15 is 0 Å². The van der Waals surface area contributed by atoms with Crippen molar-refractivity contribution in [1.82, 2.24) is 5.32 Å². The molecule has 0 fully saturated rings. The number of hydrogen-bond acceptors (Lipinski definition) is 5. The molecule has 0 saturated carbocycles. The molecule has 0 heterocycles. The fourth-order valence-corrected chi connectivity index (χ4v) is 3.41. The van der Waals surface area contributed by atoms with E-state index in [9.17, 15) is 18.3 Å². The fourth-order valence-electron chi connectivity index (χ4n) is 2.24. The van der Waals surface area contributed by atoms with Crippen LogP contribution in [0.25, 0.3) is 0 Å². The normalized spacial score (nSPS) is 12.6. The van der Waals surface area contributed by atoms with Crippen molar-refractivity contribution < 1.29 is 28.2 Å². The minimum absolute atomic E-state index is 0.0199. The van der Waals surface area contributed by atoms with Crippen molar-refractivity contribution in [2.24, 2.45) is 0 Å². The Balaban J connectivity index is 2.54. The predicted molar refractivity (Wildman–Crippen MR) is 95.2 cm³/mol. The van der Waals surface area contributed by atoms with Crippen LogP contribution in [0.4, 0.5) is 10.5 Å². The first-order valence-electron chi connectivity index (χ1n) is 8.08. The molecule has 0 aliphatic heterocycles. The first kappa shape index (κ1) is 21.2. The van der Waals surface area contributed by atoms with Crippen LogP contribution in [-0.4, -0.2) is 50.7 Å². The molecule has 0 aliphatic carbocycles. The molecule has 9 heteroatoms. The first-order chi connectivity index (χ1) is 11.8. The van der Waals surface area contributed by atoms with E-state index in [4.69, 9.17) is 9.84 Å². The van der Waals surface area contributed by atoms with Gasteiger partial charge in [-0.2, -0.15) is 0 Å².